The van der Waals surface area contributed by atoms with Crippen molar-refractivity contribution in [3.05, 3.63) is 47.0 Å². The maximum absolute atomic E-state index is 12.4. The van der Waals surface area contributed by atoms with Crippen LogP contribution in [-0.2, 0) is 14.1 Å². The summed E-state index contributed by atoms with van der Waals surface area (Å²) in [6.07, 6.45) is 2.50. The van der Waals surface area contributed by atoms with Gasteiger partial charge in [-0.3, -0.25) is 19.0 Å². The lowest BCUT2D eigenvalue weighted by Gasteiger charge is -2.07. The second-order valence-corrected chi connectivity index (χ2v) is 8.13. The van der Waals surface area contributed by atoms with E-state index in [1.54, 1.807) is 21.5 Å². The summed E-state index contributed by atoms with van der Waals surface area (Å²) in [5, 5.41) is 16.4. The molecule has 10 nitrogen and oxygen atoms in total. The highest BCUT2D eigenvalue weighted by atomic mass is 16.2. The number of nitrogens with zero attached hydrogens (tertiary/aromatic N) is 6. The molecule has 2 N–H and O–H groups in total. The van der Waals surface area contributed by atoms with E-state index in [1.807, 2.05) is 40.1 Å². The van der Waals surface area contributed by atoms with Gasteiger partial charge >= 0.3 is 0 Å². The van der Waals surface area contributed by atoms with Crippen LogP contribution in [0.15, 0.2) is 24.3 Å². The summed E-state index contributed by atoms with van der Waals surface area (Å²) in [5.74, 6) is -0.396. The summed E-state index contributed by atoms with van der Waals surface area (Å²) < 4.78 is 3.36. The Bertz CT molecular complexity index is 1240. The molecule has 0 saturated heterocycles. The maximum atomic E-state index is 12.4. The zero-order valence-corrected chi connectivity index (χ0v) is 19.3. The van der Waals surface area contributed by atoms with E-state index in [0.717, 1.165) is 41.4 Å². The van der Waals surface area contributed by atoms with E-state index in [4.69, 9.17) is 0 Å². The molecule has 0 aliphatic heterocycles. The monoisotopic (exact) mass is 448 g/mol. The third kappa shape index (κ3) is 4.69. The summed E-state index contributed by atoms with van der Waals surface area (Å²) in [5.41, 5.74) is 3.94. The number of unbranched alkanes of at least 4 members (excludes halogenated alkanes) is 2. The van der Waals surface area contributed by atoms with Crippen molar-refractivity contribution in [2.75, 3.05) is 13.1 Å². The molecule has 0 saturated carbocycles. The van der Waals surface area contributed by atoms with E-state index < -0.39 is 0 Å². The third-order valence-electron chi connectivity index (χ3n) is 5.63. The molecular formula is C23H28N8O2. The van der Waals surface area contributed by atoms with Crippen LogP contribution in [0.5, 0.6) is 0 Å². The Hall–Kier alpha value is -3.82. The number of fused-ring (bicyclic) bond motifs is 2. The van der Waals surface area contributed by atoms with Crippen molar-refractivity contribution < 1.29 is 9.59 Å². The predicted octanol–water partition coefficient (Wildman–Crippen LogP) is 2.20. The zero-order valence-electron chi connectivity index (χ0n) is 19.3. The first-order valence-corrected chi connectivity index (χ1v) is 11.0. The van der Waals surface area contributed by atoms with E-state index in [2.05, 4.69) is 30.8 Å². The highest BCUT2D eigenvalue weighted by molar-refractivity contribution is 5.95. The van der Waals surface area contributed by atoms with Crippen LogP contribution in [0.25, 0.3) is 22.1 Å². The fourth-order valence-electron chi connectivity index (χ4n) is 3.87. The van der Waals surface area contributed by atoms with Crippen molar-refractivity contribution in [1.82, 2.24) is 40.2 Å². The number of amides is 2. The minimum absolute atomic E-state index is 0.198. The van der Waals surface area contributed by atoms with Crippen molar-refractivity contribution in [3.8, 4) is 0 Å². The summed E-state index contributed by atoms with van der Waals surface area (Å²) in [6.45, 7) is 4.94. The SMILES string of the molecule is Cc1nn(C)c2nc(C(=O)NCCCCCNC(=O)c3ccc4c(C)nn(C)c4n3)ccc12. The average Bonchev–Trinajstić information content (AvgIpc) is 3.26. The van der Waals surface area contributed by atoms with Crippen molar-refractivity contribution >= 4 is 33.9 Å². The van der Waals surface area contributed by atoms with Crippen LogP contribution in [-0.4, -0.2) is 54.4 Å². The van der Waals surface area contributed by atoms with Gasteiger partial charge < -0.3 is 10.6 Å². The average molecular weight is 449 g/mol. The number of hydrogen-bond acceptors (Lipinski definition) is 6. The molecule has 4 rings (SSSR count). The molecular weight excluding hydrogens is 420 g/mol. The number of pyridine rings is 2. The van der Waals surface area contributed by atoms with Crippen LogP contribution in [0.4, 0.5) is 0 Å². The first kappa shape index (κ1) is 22.4. The topological polar surface area (TPSA) is 120 Å². The molecule has 0 atom stereocenters. The van der Waals surface area contributed by atoms with Crippen LogP contribution < -0.4 is 10.6 Å². The minimum atomic E-state index is -0.198. The quantitative estimate of drug-likeness (QED) is 0.399. The van der Waals surface area contributed by atoms with E-state index in [9.17, 15) is 9.59 Å². The molecule has 172 valence electrons. The number of hydrogen-bond donors (Lipinski definition) is 2. The highest BCUT2D eigenvalue weighted by Crippen LogP contribution is 2.16. The first-order chi connectivity index (χ1) is 15.8. The van der Waals surface area contributed by atoms with Gasteiger partial charge in [0.05, 0.1) is 11.4 Å². The lowest BCUT2D eigenvalue weighted by molar-refractivity contribution is 0.0943. The lowest BCUT2D eigenvalue weighted by Crippen LogP contribution is -2.27. The number of aryl methyl sites for hydroxylation is 4. The normalized spacial score (nSPS) is 11.3. The number of rotatable bonds is 8. The molecule has 0 aliphatic carbocycles. The Morgan fingerprint density at radius 1 is 0.727 bits per heavy atom. The molecule has 4 aromatic heterocycles. The summed E-state index contributed by atoms with van der Waals surface area (Å²) >= 11 is 0. The number of nitrogens with one attached hydrogen (secondary N) is 2. The summed E-state index contributed by atoms with van der Waals surface area (Å²) in [6, 6.07) is 7.20. The second kappa shape index (κ2) is 9.35. The molecule has 10 heteroatoms. The standard InChI is InChI=1S/C23H28N8O2/c1-14-16-8-10-18(26-20(16)30(3)28-14)22(32)24-12-6-5-7-13-25-23(33)19-11-9-17-15(2)29-31(4)21(17)27-19/h8-11H,5-7,12-13H2,1-4H3,(H,24,32)(H,25,33). The Labute approximate surface area is 191 Å². The van der Waals surface area contributed by atoms with Crippen molar-refractivity contribution in [2.45, 2.75) is 33.1 Å². The van der Waals surface area contributed by atoms with Crippen LogP contribution in [0, 0.1) is 13.8 Å². The van der Waals surface area contributed by atoms with Gasteiger partial charge in [0, 0.05) is 38.0 Å². The predicted molar refractivity (Wildman–Crippen MR) is 125 cm³/mol. The molecule has 2 amide bonds. The summed E-state index contributed by atoms with van der Waals surface area (Å²) in [7, 11) is 3.63. The third-order valence-corrected chi connectivity index (χ3v) is 5.63. The van der Waals surface area contributed by atoms with Gasteiger partial charge in [-0.2, -0.15) is 10.2 Å². The molecule has 4 heterocycles. The van der Waals surface area contributed by atoms with Gasteiger partial charge in [0.15, 0.2) is 11.3 Å². The van der Waals surface area contributed by atoms with E-state index >= 15 is 0 Å². The van der Waals surface area contributed by atoms with Gasteiger partial charge in [-0.15, -0.1) is 0 Å². The molecule has 0 aliphatic rings. The van der Waals surface area contributed by atoms with Crippen LogP contribution in [0.3, 0.4) is 0 Å². The van der Waals surface area contributed by atoms with E-state index in [-0.39, 0.29) is 11.8 Å². The second-order valence-electron chi connectivity index (χ2n) is 8.13. The van der Waals surface area contributed by atoms with Gasteiger partial charge in [-0.05, 0) is 57.4 Å². The number of aromatic nitrogens is 6. The maximum Gasteiger partial charge on any atom is 0.269 e. The van der Waals surface area contributed by atoms with Crippen LogP contribution in [0.1, 0.15) is 51.6 Å². The Morgan fingerprint density at radius 2 is 1.15 bits per heavy atom. The van der Waals surface area contributed by atoms with Gasteiger partial charge in [0.25, 0.3) is 11.8 Å². The Morgan fingerprint density at radius 3 is 1.58 bits per heavy atom. The zero-order chi connectivity index (χ0) is 23.5. The van der Waals surface area contributed by atoms with Crippen molar-refractivity contribution in [2.24, 2.45) is 14.1 Å². The van der Waals surface area contributed by atoms with E-state index in [1.165, 1.54) is 0 Å². The van der Waals surface area contributed by atoms with Gasteiger partial charge in [-0.1, -0.05) is 0 Å². The largest absolute Gasteiger partial charge is 0.351 e. The molecule has 0 unspecified atom stereocenters. The van der Waals surface area contributed by atoms with Crippen molar-refractivity contribution in [1.29, 1.82) is 0 Å². The Balaban J connectivity index is 1.18. The van der Waals surface area contributed by atoms with Crippen LogP contribution >= 0.6 is 0 Å². The van der Waals surface area contributed by atoms with Gasteiger partial charge in [0.2, 0.25) is 0 Å². The minimum Gasteiger partial charge on any atom is -0.351 e. The molecule has 4 aromatic rings. The number of carbonyl (C=O) groups is 2. The fourth-order valence-corrected chi connectivity index (χ4v) is 3.87. The fraction of sp³-hybridized carbons (Fsp3) is 0.391. The molecule has 0 spiro atoms. The smallest absolute Gasteiger partial charge is 0.269 e. The molecule has 0 radical (unpaired) electrons. The molecule has 0 aromatic carbocycles. The molecule has 0 fully saturated rings. The van der Waals surface area contributed by atoms with Crippen molar-refractivity contribution in [3.63, 3.8) is 0 Å². The van der Waals surface area contributed by atoms with Gasteiger partial charge in [-0.25, -0.2) is 9.97 Å². The summed E-state index contributed by atoms with van der Waals surface area (Å²) in [4.78, 5) is 33.6. The van der Waals surface area contributed by atoms with Crippen LogP contribution in [0.2, 0.25) is 0 Å². The molecule has 0 bridgehead atoms. The lowest BCUT2D eigenvalue weighted by atomic mass is 10.2. The number of carbonyl (C=O) groups excluding carboxylic acids is 2. The van der Waals surface area contributed by atoms with E-state index in [0.29, 0.717) is 35.8 Å². The highest BCUT2D eigenvalue weighted by Gasteiger charge is 2.13. The molecule has 33 heavy (non-hydrogen) atoms. The first-order valence-electron chi connectivity index (χ1n) is 11.0. The van der Waals surface area contributed by atoms with Gasteiger partial charge in [0.1, 0.15) is 11.4 Å². The Kier molecular flexibility index (Phi) is 6.34.